The topological polar surface area (TPSA) is 32.5 Å². The van der Waals surface area contributed by atoms with Crippen LogP contribution in [0.15, 0.2) is 0 Å². The van der Waals surface area contributed by atoms with Crippen LogP contribution in [0.1, 0.15) is 51.9 Å². The van der Waals surface area contributed by atoms with E-state index in [-0.39, 0.29) is 0 Å². The summed E-state index contributed by atoms with van der Waals surface area (Å²) in [7, 11) is 0. The monoisotopic (exact) mass is 251 g/mol. The first kappa shape index (κ1) is 12.9. The van der Waals surface area contributed by atoms with E-state index in [9.17, 15) is 0 Å². The Morgan fingerprint density at radius 1 is 1.06 bits per heavy atom. The first-order valence-corrected chi connectivity index (χ1v) is 7.99. The van der Waals surface area contributed by atoms with Crippen LogP contribution in [0.25, 0.3) is 0 Å². The zero-order valence-electron chi connectivity index (χ0n) is 11.9. The summed E-state index contributed by atoms with van der Waals surface area (Å²) in [5.41, 5.74) is 6.20. The van der Waals surface area contributed by atoms with Crippen molar-refractivity contribution in [3.63, 3.8) is 0 Å². The van der Waals surface area contributed by atoms with Gasteiger partial charge < -0.3 is 5.73 Å². The van der Waals surface area contributed by atoms with E-state index >= 15 is 0 Å². The highest BCUT2D eigenvalue weighted by atomic mass is 15.3. The lowest BCUT2D eigenvalue weighted by molar-refractivity contribution is 0.0123. The van der Waals surface area contributed by atoms with Gasteiger partial charge >= 0.3 is 0 Å². The molecule has 0 spiro atoms. The average Bonchev–Trinajstić information content (AvgIpc) is 2.83. The predicted octanol–water partition coefficient (Wildman–Crippen LogP) is 1.81. The molecule has 18 heavy (non-hydrogen) atoms. The SMILES string of the molecule is CC(CN1C2CCCC1CC(N)C2)N1CCCC1. The minimum absolute atomic E-state index is 0.471. The molecule has 3 atom stereocenters. The normalized spacial score (nSPS) is 40.0. The van der Waals surface area contributed by atoms with Crippen LogP contribution in [0, 0.1) is 0 Å². The van der Waals surface area contributed by atoms with Crippen LogP contribution in [0.5, 0.6) is 0 Å². The number of nitrogens with two attached hydrogens (primary N) is 1. The molecule has 3 heteroatoms. The molecule has 2 N–H and O–H groups in total. The molecule has 3 aliphatic heterocycles. The molecule has 3 fully saturated rings. The van der Waals surface area contributed by atoms with Crippen molar-refractivity contribution >= 4 is 0 Å². The third-order valence-electron chi connectivity index (χ3n) is 5.40. The maximum absolute atomic E-state index is 6.20. The third kappa shape index (κ3) is 2.59. The summed E-state index contributed by atoms with van der Waals surface area (Å²) in [6.07, 6.45) is 9.49. The molecule has 0 aliphatic carbocycles. The molecular formula is C15H29N3. The van der Waals surface area contributed by atoms with Gasteiger partial charge in [0.15, 0.2) is 0 Å². The van der Waals surface area contributed by atoms with E-state index in [1.807, 2.05) is 0 Å². The fraction of sp³-hybridized carbons (Fsp3) is 1.00. The second kappa shape index (κ2) is 5.48. The van der Waals surface area contributed by atoms with Crippen LogP contribution in [-0.4, -0.2) is 53.6 Å². The van der Waals surface area contributed by atoms with Crippen molar-refractivity contribution in [3.05, 3.63) is 0 Å². The van der Waals surface area contributed by atoms with Crippen LogP contribution in [0.3, 0.4) is 0 Å². The molecule has 2 bridgehead atoms. The van der Waals surface area contributed by atoms with E-state index in [4.69, 9.17) is 5.73 Å². The smallest absolute Gasteiger partial charge is 0.0195 e. The standard InChI is InChI=1S/C15H29N3/c1-12(17-7-2-3-8-17)11-18-14-5-4-6-15(18)10-13(16)9-14/h12-15H,2-11,16H2,1H3. The fourth-order valence-corrected chi connectivity index (χ4v) is 4.42. The fourth-order valence-electron chi connectivity index (χ4n) is 4.42. The largest absolute Gasteiger partial charge is 0.328 e. The number of hydrogen-bond donors (Lipinski definition) is 1. The molecule has 3 heterocycles. The van der Waals surface area contributed by atoms with E-state index in [1.54, 1.807) is 0 Å². The van der Waals surface area contributed by atoms with Crippen molar-refractivity contribution in [2.24, 2.45) is 5.73 Å². The molecule has 0 aromatic rings. The van der Waals surface area contributed by atoms with Crippen LogP contribution in [0.4, 0.5) is 0 Å². The molecule has 0 radical (unpaired) electrons. The number of piperidine rings is 2. The molecule has 3 rings (SSSR count). The molecular weight excluding hydrogens is 222 g/mol. The highest BCUT2D eigenvalue weighted by molar-refractivity contribution is 4.95. The molecule has 0 aromatic carbocycles. The quantitative estimate of drug-likeness (QED) is 0.830. The van der Waals surface area contributed by atoms with Gasteiger partial charge in [-0.3, -0.25) is 9.80 Å². The maximum Gasteiger partial charge on any atom is 0.0195 e. The lowest BCUT2D eigenvalue weighted by Gasteiger charge is -2.49. The summed E-state index contributed by atoms with van der Waals surface area (Å²) in [6, 6.07) is 2.79. The second-order valence-corrected chi connectivity index (χ2v) is 6.76. The Morgan fingerprint density at radius 2 is 1.67 bits per heavy atom. The van der Waals surface area contributed by atoms with Gasteiger partial charge in [-0.1, -0.05) is 6.42 Å². The molecule has 3 saturated heterocycles. The van der Waals surface area contributed by atoms with E-state index in [0.29, 0.717) is 6.04 Å². The maximum atomic E-state index is 6.20. The Balaban J connectivity index is 1.60. The van der Waals surface area contributed by atoms with Crippen molar-refractivity contribution in [3.8, 4) is 0 Å². The van der Waals surface area contributed by atoms with E-state index < -0.39 is 0 Å². The molecule has 0 saturated carbocycles. The third-order valence-corrected chi connectivity index (χ3v) is 5.40. The Labute approximate surface area is 112 Å². The minimum atomic E-state index is 0.471. The van der Waals surface area contributed by atoms with Crippen LogP contribution >= 0.6 is 0 Å². The Morgan fingerprint density at radius 3 is 2.28 bits per heavy atom. The van der Waals surface area contributed by atoms with Crippen LogP contribution in [-0.2, 0) is 0 Å². The van der Waals surface area contributed by atoms with E-state index in [2.05, 4.69) is 16.7 Å². The van der Waals surface area contributed by atoms with E-state index in [1.165, 1.54) is 64.6 Å². The molecule has 3 nitrogen and oxygen atoms in total. The van der Waals surface area contributed by atoms with Crippen molar-refractivity contribution < 1.29 is 0 Å². The number of rotatable bonds is 3. The van der Waals surface area contributed by atoms with Gasteiger partial charge in [-0.25, -0.2) is 0 Å². The second-order valence-electron chi connectivity index (χ2n) is 6.76. The lowest BCUT2D eigenvalue weighted by atomic mass is 9.82. The van der Waals surface area contributed by atoms with Gasteiger partial charge in [0.05, 0.1) is 0 Å². The number of fused-ring (bicyclic) bond motifs is 2. The van der Waals surface area contributed by atoms with Gasteiger partial charge in [0.2, 0.25) is 0 Å². The number of hydrogen-bond acceptors (Lipinski definition) is 3. The zero-order valence-corrected chi connectivity index (χ0v) is 11.9. The van der Waals surface area contributed by atoms with E-state index in [0.717, 1.165) is 18.1 Å². The summed E-state index contributed by atoms with van der Waals surface area (Å²) in [5.74, 6) is 0. The Hall–Kier alpha value is -0.120. The predicted molar refractivity (Wildman–Crippen MR) is 75.6 cm³/mol. The van der Waals surface area contributed by atoms with Gasteiger partial charge in [-0.2, -0.15) is 0 Å². The number of likely N-dealkylation sites (tertiary alicyclic amines) is 1. The summed E-state index contributed by atoms with van der Waals surface area (Å²) in [4.78, 5) is 5.50. The first-order chi connectivity index (χ1) is 8.74. The highest BCUT2D eigenvalue weighted by Gasteiger charge is 2.38. The molecule has 0 amide bonds. The van der Waals surface area contributed by atoms with Crippen molar-refractivity contribution in [2.45, 2.75) is 76.0 Å². The van der Waals surface area contributed by atoms with Gasteiger partial charge in [0, 0.05) is 30.7 Å². The highest BCUT2D eigenvalue weighted by Crippen LogP contribution is 2.33. The van der Waals surface area contributed by atoms with Crippen LogP contribution in [0.2, 0.25) is 0 Å². The minimum Gasteiger partial charge on any atom is -0.328 e. The lowest BCUT2D eigenvalue weighted by Crippen LogP contribution is -2.58. The van der Waals surface area contributed by atoms with Gasteiger partial charge in [0.25, 0.3) is 0 Å². The Kier molecular flexibility index (Phi) is 3.92. The van der Waals surface area contributed by atoms with Gasteiger partial charge in [-0.05, 0) is 58.5 Å². The summed E-state index contributed by atoms with van der Waals surface area (Å²) in [6.45, 7) is 6.35. The summed E-state index contributed by atoms with van der Waals surface area (Å²) >= 11 is 0. The van der Waals surface area contributed by atoms with Gasteiger partial charge in [0.1, 0.15) is 0 Å². The van der Waals surface area contributed by atoms with Crippen LogP contribution < -0.4 is 5.73 Å². The molecule has 3 aliphatic rings. The molecule has 0 aromatic heterocycles. The zero-order chi connectivity index (χ0) is 12.5. The Bertz CT molecular complexity index is 261. The average molecular weight is 251 g/mol. The summed E-state index contributed by atoms with van der Waals surface area (Å²) < 4.78 is 0. The van der Waals surface area contributed by atoms with Gasteiger partial charge in [-0.15, -0.1) is 0 Å². The molecule has 104 valence electrons. The first-order valence-electron chi connectivity index (χ1n) is 7.99. The summed E-state index contributed by atoms with van der Waals surface area (Å²) in [5, 5.41) is 0. The van der Waals surface area contributed by atoms with Crippen molar-refractivity contribution in [1.82, 2.24) is 9.80 Å². The molecule has 3 unspecified atom stereocenters. The number of nitrogens with zero attached hydrogens (tertiary/aromatic N) is 2. The van der Waals surface area contributed by atoms with Crippen molar-refractivity contribution in [2.75, 3.05) is 19.6 Å². The van der Waals surface area contributed by atoms with Crippen molar-refractivity contribution in [1.29, 1.82) is 0 Å².